The normalized spacial score (nSPS) is 14.6. The molecule has 218 valence electrons. The molecule has 3 amide bonds. The van der Waals surface area contributed by atoms with Gasteiger partial charge in [0.25, 0.3) is 0 Å². The first-order valence-electron chi connectivity index (χ1n) is 13.4. The van der Waals surface area contributed by atoms with E-state index in [2.05, 4.69) is 10.2 Å². The van der Waals surface area contributed by atoms with Gasteiger partial charge < -0.3 is 33.7 Å². The van der Waals surface area contributed by atoms with Gasteiger partial charge in [0, 0.05) is 32.7 Å². The van der Waals surface area contributed by atoms with Crippen LogP contribution in [0.4, 0.5) is 10.5 Å². The van der Waals surface area contributed by atoms with Crippen molar-refractivity contribution >= 4 is 40.8 Å². The molecule has 10 nitrogen and oxygen atoms in total. The summed E-state index contributed by atoms with van der Waals surface area (Å²) in [5, 5.41) is 3.43. The standard InChI is InChI=1S/C29H32Cl2N4O6/c30-23-5-1-6-24(31)28(23)32-29(37)34(10-3-9-33-11-14-38-15-12-33)19-27(36)35(18-22-4-2-13-39-22)17-21-7-8-25-26(16-21)41-20-40-25/h1-2,4-8,13,16H,3,9-12,14-15,17-20H2,(H,32,37). The molecule has 1 N–H and O–H groups in total. The number of para-hydroxylation sites is 1. The minimum atomic E-state index is -0.462. The molecular weight excluding hydrogens is 571 g/mol. The Morgan fingerprint density at radius 2 is 1.71 bits per heavy atom. The van der Waals surface area contributed by atoms with Crippen molar-refractivity contribution in [2.75, 3.05) is 58.0 Å². The molecule has 0 aliphatic carbocycles. The van der Waals surface area contributed by atoms with E-state index >= 15 is 0 Å². The molecule has 0 saturated carbocycles. The smallest absolute Gasteiger partial charge is 0.322 e. The lowest BCUT2D eigenvalue weighted by Gasteiger charge is -2.30. The van der Waals surface area contributed by atoms with Crippen LogP contribution in [0.5, 0.6) is 11.5 Å². The van der Waals surface area contributed by atoms with Crippen LogP contribution in [0, 0.1) is 0 Å². The van der Waals surface area contributed by atoms with E-state index in [4.69, 9.17) is 41.8 Å². The van der Waals surface area contributed by atoms with Gasteiger partial charge in [0.1, 0.15) is 12.3 Å². The van der Waals surface area contributed by atoms with Crippen LogP contribution in [0.3, 0.4) is 0 Å². The van der Waals surface area contributed by atoms with Gasteiger partial charge in [-0.05, 0) is 48.4 Å². The first-order chi connectivity index (χ1) is 20.0. The number of carbonyl (C=O) groups is 2. The lowest BCUT2D eigenvalue weighted by Crippen LogP contribution is -2.45. The van der Waals surface area contributed by atoms with Gasteiger partial charge in [-0.25, -0.2) is 4.79 Å². The highest BCUT2D eigenvalue weighted by Gasteiger charge is 2.25. The summed E-state index contributed by atoms with van der Waals surface area (Å²) in [5.74, 6) is 1.68. The van der Waals surface area contributed by atoms with Crippen LogP contribution in [0.25, 0.3) is 0 Å². The zero-order valence-corrected chi connectivity index (χ0v) is 24.0. The average Bonchev–Trinajstić information content (AvgIpc) is 3.66. The third-order valence-corrected chi connectivity index (χ3v) is 7.53. The van der Waals surface area contributed by atoms with Crippen LogP contribution in [-0.4, -0.2) is 79.4 Å². The Bertz CT molecular complexity index is 1310. The van der Waals surface area contributed by atoms with Crippen LogP contribution < -0.4 is 14.8 Å². The molecular formula is C29H32Cl2N4O6. The highest BCUT2D eigenvalue weighted by atomic mass is 35.5. The Labute approximate surface area is 248 Å². The predicted molar refractivity (Wildman–Crippen MR) is 154 cm³/mol. The maximum atomic E-state index is 13.8. The van der Waals surface area contributed by atoms with E-state index < -0.39 is 6.03 Å². The SMILES string of the molecule is O=C(CN(CCCN1CCOCC1)C(=O)Nc1c(Cl)cccc1Cl)N(Cc1ccc2c(c1)OCO2)Cc1ccco1. The third kappa shape index (κ3) is 7.85. The number of nitrogens with zero attached hydrogens (tertiary/aromatic N) is 3. The molecule has 2 aromatic carbocycles. The van der Waals surface area contributed by atoms with Crippen molar-refractivity contribution in [3.8, 4) is 11.5 Å². The van der Waals surface area contributed by atoms with Gasteiger partial charge in [-0.15, -0.1) is 0 Å². The molecule has 0 spiro atoms. The maximum Gasteiger partial charge on any atom is 0.322 e. The molecule has 1 fully saturated rings. The lowest BCUT2D eigenvalue weighted by molar-refractivity contribution is -0.133. The Hall–Kier alpha value is -3.44. The van der Waals surface area contributed by atoms with Crippen molar-refractivity contribution in [2.45, 2.75) is 19.5 Å². The van der Waals surface area contributed by atoms with E-state index in [1.54, 1.807) is 35.4 Å². The molecule has 2 aliphatic heterocycles. The van der Waals surface area contributed by atoms with E-state index in [0.717, 1.165) is 25.2 Å². The lowest BCUT2D eigenvalue weighted by atomic mass is 10.2. The highest BCUT2D eigenvalue weighted by Crippen LogP contribution is 2.33. The number of amides is 3. The Morgan fingerprint density at radius 3 is 2.46 bits per heavy atom. The van der Waals surface area contributed by atoms with Crippen LogP contribution in [0.2, 0.25) is 10.0 Å². The average molecular weight is 604 g/mol. The van der Waals surface area contributed by atoms with Gasteiger partial charge in [0.2, 0.25) is 12.7 Å². The first kappa shape index (κ1) is 29.1. The van der Waals surface area contributed by atoms with Gasteiger partial charge in [-0.2, -0.15) is 0 Å². The molecule has 41 heavy (non-hydrogen) atoms. The molecule has 5 rings (SSSR count). The van der Waals surface area contributed by atoms with E-state index in [1.807, 2.05) is 24.3 Å². The van der Waals surface area contributed by atoms with Gasteiger partial charge in [0.05, 0.1) is 41.8 Å². The van der Waals surface area contributed by atoms with E-state index in [1.165, 1.54) is 4.90 Å². The summed E-state index contributed by atoms with van der Waals surface area (Å²) in [5.41, 5.74) is 1.17. The second kappa shape index (κ2) is 14.0. The zero-order chi connectivity index (χ0) is 28.6. The number of carbonyl (C=O) groups excluding carboxylic acids is 2. The van der Waals surface area contributed by atoms with Crippen LogP contribution in [0.15, 0.2) is 59.2 Å². The monoisotopic (exact) mass is 602 g/mol. The van der Waals surface area contributed by atoms with Crippen molar-refractivity contribution in [3.05, 3.63) is 76.2 Å². The number of hydrogen-bond donors (Lipinski definition) is 1. The summed E-state index contributed by atoms with van der Waals surface area (Å²) in [6.07, 6.45) is 2.24. The minimum absolute atomic E-state index is 0.151. The van der Waals surface area contributed by atoms with Crippen molar-refractivity contribution in [1.82, 2.24) is 14.7 Å². The number of fused-ring (bicyclic) bond motifs is 1. The second-order valence-corrected chi connectivity index (χ2v) is 10.6. The van der Waals surface area contributed by atoms with Crippen LogP contribution >= 0.6 is 23.2 Å². The fourth-order valence-electron chi connectivity index (χ4n) is 4.71. The second-order valence-electron chi connectivity index (χ2n) is 9.77. The van der Waals surface area contributed by atoms with Gasteiger partial charge in [-0.3, -0.25) is 9.69 Å². The van der Waals surface area contributed by atoms with Crippen molar-refractivity contribution < 1.29 is 28.2 Å². The number of morpholine rings is 1. The zero-order valence-electron chi connectivity index (χ0n) is 22.5. The summed E-state index contributed by atoms with van der Waals surface area (Å²) >= 11 is 12.6. The van der Waals surface area contributed by atoms with Crippen molar-refractivity contribution in [3.63, 3.8) is 0 Å². The Balaban J connectivity index is 1.31. The fraction of sp³-hybridized carbons (Fsp3) is 0.379. The number of ether oxygens (including phenoxy) is 3. The molecule has 0 atom stereocenters. The minimum Gasteiger partial charge on any atom is -0.467 e. The Morgan fingerprint density at radius 1 is 0.927 bits per heavy atom. The first-order valence-corrected chi connectivity index (χ1v) is 14.2. The molecule has 0 radical (unpaired) electrons. The summed E-state index contributed by atoms with van der Waals surface area (Å²) in [6, 6.07) is 13.7. The Kier molecular flexibility index (Phi) is 9.89. The van der Waals surface area contributed by atoms with Gasteiger partial charge >= 0.3 is 6.03 Å². The summed E-state index contributed by atoms with van der Waals surface area (Å²) in [7, 11) is 0. The molecule has 0 bridgehead atoms. The number of hydrogen-bond acceptors (Lipinski definition) is 7. The van der Waals surface area contributed by atoms with Crippen molar-refractivity contribution in [1.29, 1.82) is 0 Å². The molecule has 2 aliphatic rings. The number of anilines is 1. The van der Waals surface area contributed by atoms with Crippen molar-refractivity contribution in [2.24, 2.45) is 0 Å². The topological polar surface area (TPSA) is 96.7 Å². The number of rotatable bonds is 11. The fourth-order valence-corrected chi connectivity index (χ4v) is 5.20. The van der Waals surface area contributed by atoms with Crippen LogP contribution in [-0.2, 0) is 22.6 Å². The quantitative estimate of drug-likeness (QED) is 0.326. The van der Waals surface area contributed by atoms with Gasteiger partial charge in [0.15, 0.2) is 11.5 Å². The van der Waals surface area contributed by atoms with E-state index in [-0.39, 0.29) is 32.3 Å². The van der Waals surface area contributed by atoms with E-state index in [9.17, 15) is 9.59 Å². The third-order valence-electron chi connectivity index (χ3n) is 6.90. The number of urea groups is 1. The number of halogens is 2. The molecule has 3 heterocycles. The predicted octanol–water partition coefficient (Wildman–Crippen LogP) is 5.10. The summed E-state index contributed by atoms with van der Waals surface area (Å²) < 4.78 is 21.9. The van der Waals surface area contributed by atoms with E-state index in [0.29, 0.717) is 59.2 Å². The summed E-state index contributed by atoms with van der Waals surface area (Å²) in [6.45, 7) is 4.73. The van der Waals surface area contributed by atoms with Gasteiger partial charge in [-0.1, -0.05) is 35.3 Å². The summed E-state index contributed by atoms with van der Waals surface area (Å²) in [4.78, 5) is 32.7. The number of nitrogens with one attached hydrogen (secondary N) is 1. The largest absolute Gasteiger partial charge is 0.467 e. The molecule has 3 aromatic rings. The highest BCUT2D eigenvalue weighted by molar-refractivity contribution is 6.39. The molecule has 1 saturated heterocycles. The number of furan rings is 1. The molecule has 0 unspecified atom stereocenters. The maximum absolute atomic E-state index is 13.8. The van der Waals surface area contributed by atoms with Crippen LogP contribution in [0.1, 0.15) is 17.7 Å². The molecule has 1 aromatic heterocycles. The molecule has 12 heteroatoms. The number of benzene rings is 2.